The van der Waals surface area contributed by atoms with Gasteiger partial charge in [0.1, 0.15) is 17.3 Å². The molecule has 11 heteroatoms. The zero-order valence-corrected chi connectivity index (χ0v) is 20.8. The van der Waals surface area contributed by atoms with Crippen molar-refractivity contribution in [3.63, 3.8) is 0 Å². The first-order chi connectivity index (χ1) is 19.0. The van der Waals surface area contributed by atoms with E-state index in [0.29, 0.717) is 44.3 Å². The van der Waals surface area contributed by atoms with E-state index in [9.17, 15) is 28.3 Å². The van der Waals surface area contributed by atoms with Crippen molar-refractivity contribution in [2.45, 2.75) is 13.1 Å². The average Bonchev–Trinajstić information content (AvgIpc) is 2.93. The predicted molar refractivity (Wildman–Crippen MR) is 143 cm³/mol. The molecule has 0 unspecified atom stereocenters. The van der Waals surface area contributed by atoms with Crippen LogP contribution in [-0.4, -0.2) is 26.0 Å². The number of nitrogens with zero attached hydrogens (tertiary/aromatic N) is 4. The molecular formula is C29H19F3N6O2. The highest BCUT2D eigenvalue weighted by Crippen LogP contribution is 2.44. The topological polar surface area (TPSA) is 138 Å². The summed E-state index contributed by atoms with van der Waals surface area (Å²) >= 11 is 0. The lowest BCUT2D eigenvalue weighted by molar-refractivity contribution is -0.141. The Balaban J connectivity index is 1.61. The van der Waals surface area contributed by atoms with Crippen molar-refractivity contribution in [1.29, 1.82) is 5.26 Å². The maximum Gasteiger partial charge on any atom is 0.433 e. The number of nitrogen functional groups attached to an aromatic ring is 1. The number of phenols is 1. The molecule has 0 fully saturated rings. The first-order valence-electron chi connectivity index (χ1n) is 11.8. The number of aromatic nitrogens is 3. The lowest BCUT2D eigenvalue weighted by Crippen LogP contribution is -2.15. The largest absolute Gasteiger partial charge is 0.507 e. The Hall–Kier alpha value is -5.50. The normalized spacial score (nSPS) is 11.3. The molecule has 5 aromatic rings. The van der Waals surface area contributed by atoms with Crippen LogP contribution in [0.1, 0.15) is 27.2 Å². The summed E-state index contributed by atoms with van der Waals surface area (Å²) in [7, 11) is 0. The summed E-state index contributed by atoms with van der Waals surface area (Å²) in [6.07, 6.45) is -3.15. The van der Waals surface area contributed by atoms with Gasteiger partial charge in [-0.25, -0.2) is 15.0 Å². The third kappa shape index (κ3) is 4.98. The van der Waals surface area contributed by atoms with Crippen LogP contribution in [-0.2, 0) is 6.18 Å². The van der Waals surface area contributed by atoms with E-state index in [2.05, 4.69) is 20.3 Å². The average molecular weight is 541 g/mol. The number of nitrogens with two attached hydrogens (primary N) is 1. The molecule has 4 N–H and O–H groups in total. The van der Waals surface area contributed by atoms with E-state index in [-0.39, 0.29) is 23.1 Å². The molecule has 0 saturated carbocycles. The van der Waals surface area contributed by atoms with Gasteiger partial charge >= 0.3 is 6.18 Å². The Kier molecular flexibility index (Phi) is 6.53. The summed E-state index contributed by atoms with van der Waals surface area (Å²) in [6, 6.07) is 18.2. The van der Waals surface area contributed by atoms with Gasteiger partial charge in [-0.05, 0) is 66.1 Å². The van der Waals surface area contributed by atoms with Gasteiger partial charge in [-0.15, -0.1) is 0 Å². The summed E-state index contributed by atoms with van der Waals surface area (Å²) in [5.74, 6) is -1.08. The number of halogens is 3. The van der Waals surface area contributed by atoms with Gasteiger partial charge in [0, 0.05) is 22.7 Å². The number of hydrogen-bond acceptors (Lipinski definition) is 7. The SMILES string of the molecule is Cc1ccc(C(=O)Nc2cccc(C(F)(F)F)n2)cc1-c1cc2cnc(N)nc2c(-c2ccc(C#N)cc2)c1O. The summed E-state index contributed by atoms with van der Waals surface area (Å²) in [5, 5.41) is 23.7. The third-order valence-electron chi connectivity index (χ3n) is 6.24. The number of amides is 1. The number of hydrogen-bond donors (Lipinski definition) is 3. The van der Waals surface area contributed by atoms with E-state index in [0.717, 1.165) is 12.1 Å². The molecule has 0 aliphatic rings. The predicted octanol–water partition coefficient (Wildman–Crippen LogP) is 6.10. The molecule has 0 saturated heterocycles. The quantitative estimate of drug-likeness (QED) is 0.250. The van der Waals surface area contributed by atoms with Crippen LogP contribution >= 0.6 is 0 Å². The lowest BCUT2D eigenvalue weighted by Gasteiger charge is -2.16. The Labute approximate surface area is 225 Å². The number of carbonyl (C=O) groups excluding carboxylic acids is 1. The Bertz CT molecular complexity index is 1830. The van der Waals surface area contributed by atoms with Crippen LogP contribution in [0.4, 0.5) is 24.9 Å². The van der Waals surface area contributed by atoms with Gasteiger partial charge in [0.15, 0.2) is 0 Å². The summed E-state index contributed by atoms with van der Waals surface area (Å²) in [6.45, 7) is 1.79. The minimum absolute atomic E-state index is 0.00703. The van der Waals surface area contributed by atoms with Gasteiger partial charge in [-0.3, -0.25) is 4.79 Å². The highest BCUT2D eigenvalue weighted by atomic mass is 19.4. The summed E-state index contributed by atoms with van der Waals surface area (Å²) in [4.78, 5) is 24.9. The number of carbonyl (C=O) groups is 1. The fraction of sp³-hybridized carbons (Fsp3) is 0.0690. The maximum atomic E-state index is 13.0. The number of pyridine rings is 1. The van der Waals surface area contributed by atoms with E-state index in [1.807, 2.05) is 6.07 Å². The second-order valence-corrected chi connectivity index (χ2v) is 8.89. The van der Waals surface area contributed by atoms with Crippen LogP contribution in [0.3, 0.4) is 0 Å². The van der Waals surface area contributed by atoms with Crippen molar-refractivity contribution < 1.29 is 23.1 Å². The van der Waals surface area contributed by atoms with Gasteiger partial charge in [0.05, 0.1) is 22.7 Å². The van der Waals surface area contributed by atoms with Gasteiger partial charge in [-0.1, -0.05) is 24.3 Å². The number of nitriles is 1. The van der Waals surface area contributed by atoms with Crippen LogP contribution in [0.25, 0.3) is 33.2 Å². The molecule has 198 valence electrons. The lowest BCUT2D eigenvalue weighted by atomic mass is 9.91. The monoisotopic (exact) mass is 540 g/mol. The second kappa shape index (κ2) is 9.99. The fourth-order valence-electron chi connectivity index (χ4n) is 4.28. The van der Waals surface area contributed by atoms with Crippen LogP contribution < -0.4 is 11.1 Å². The third-order valence-corrected chi connectivity index (χ3v) is 6.24. The number of rotatable bonds is 4. The minimum atomic E-state index is -4.66. The first-order valence-corrected chi connectivity index (χ1v) is 11.8. The molecule has 0 aliphatic carbocycles. The number of alkyl halides is 3. The van der Waals surface area contributed by atoms with Gasteiger partial charge in [0.2, 0.25) is 5.95 Å². The first kappa shape index (κ1) is 26.1. The van der Waals surface area contributed by atoms with Crippen LogP contribution in [0, 0.1) is 18.3 Å². The highest BCUT2D eigenvalue weighted by Gasteiger charge is 2.32. The smallest absolute Gasteiger partial charge is 0.433 e. The Morgan fingerprint density at radius 1 is 1.02 bits per heavy atom. The van der Waals surface area contributed by atoms with E-state index in [4.69, 9.17) is 5.73 Å². The number of fused-ring (bicyclic) bond motifs is 1. The van der Waals surface area contributed by atoms with Crippen molar-refractivity contribution in [3.05, 3.63) is 95.3 Å². The molecule has 0 aliphatic heterocycles. The molecule has 0 spiro atoms. The van der Waals surface area contributed by atoms with Crippen molar-refractivity contribution in [3.8, 4) is 34.1 Å². The second-order valence-electron chi connectivity index (χ2n) is 8.89. The summed E-state index contributed by atoms with van der Waals surface area (Å²) in [5.41, 5.74) is 8.16. The molecule has 40 heavy (non-hydrogen) atoms. The molecular weight excluding hydrogens is 521 g/mol. The van der Waals surface area contributed by atoms with E-state index in [1.54, 1.807) is 43.3 Å². The van der Waals surface area contributed by atoms with Crippen molar-refractivity contribution in [1.82, 2.24) is 15.0 Å². The van der Waals surface area contributed by atoms with Gasteiger partial charge in [-0.2, -0.15) is 18.4 Å². The zero-order chi connectivity index (χ0) is 28.6. The van der Waals surface area contributed by atoms with Crippen molar-refractivity contribution in [2.24, 2.45) is 0 Å². The van der Waals surface area contributed by atoms with Crippen LogP contribution in [0.15, 0.2) is 72.9 Å². The standard InChI is InChI=1S/C29H19F3N6O2/c1-15-5-8-18(27(40)37-23-4-2-3-22(36-23)29(30,31)32)11-20(15)21-12-19-14-35-28(34)38-25(19)24(26(21)39)17-9-6-16(13-33)7-10-17/h2-12,14,39H,1H3,(H2,34,35,38)(H,36,37,40). The number of nitrogens with one attached hydrogen (secondary N) is 1. The maximum absolute atomic E-state index is 13.0. The number of aryl methyl sites for hydroxylation is 1. The molecule has 0 radical (unpaired) electrons. The number of aromatic hydroxyl groups is 1. The highest BCUT2D eigenvalue weighted by molar-refractivity contribution is 6.06. The zero-order valence-electron chi connectivity index (χ0n) is 20.8. The van der Waals surface area contributed by atoms with E-state index >= 15 is 0 Å². The molecule has 3 aromatic carbocycles. The Morgan fingerprint density at radius 3 is 2.48 bits per heavy atom. The fourth-order valence-corrected chi connectivity index (χ4v) is 4.28. The van der Waals surface area contributed by atoms with Crippen LogP contribution in [0.2, 0.25) is 0 Å². The molecule has 0 bridgehead atoms. The number of phenolic OH excluding ortho intramolecular Hbond substituents is 1. The Morgan fingerprint density at radius 2 is 1.77 bits per heavy atom. The van der Waals surface area contributed by atoms with Crippen molar-refractivity contribution >= 4 is 28.6 Å². The van der Waals surface area contributed by atoms with E-state index < -0.39 is 17.8 Å². The van der Waals surface area contributed by atoms with E-state index in [1.165, 1.54) is 24.4 Å². The number of benzene rings is 3. The molecule has 8 nitrogen and oxygen atoms in total. The minimum Gasteiger partial charge on any atom is -0.507 e. The molecule has 0 atom stereocenters. The van der Waals surface area contributed by atoms with Crippen LogP contribution in [0.5, 0.6) is 5.75 Å². The molecule has 1 amide bonds. The van der Waals surface area contributed by atoms with Crippen molar-refractivity contribution in [2.75, 3.05) is 11.1 Å². The van der Waals surface area contributed by atoms with Gasteiger partial charge in [0.25, 0.3) is 5.91 Å². The molecule has 2 aromatic heterocycles. The number of anilines is 2. The molecule has 5 rings (SSSR count). The summed E-state index contributed by atoms with van der Waals surface area (Å²) < 4.78 is 39.1. The van der Waals surface area contributed by atoms with Gasteiger partial charge < -0.3 is 16.2 Å². The molecule has 2 heterocycles.